The van der Waals surface area contributed by atoms with Gasteiger partial charge in [0.1, 0.15) is 0 Å². The SMILES string of the molecule is CCc1cc2c(cc1C(F)(F)F)N(CCO)CCC[C@@H]2N(Cc1cc(C)cc(C)c1)c1nnn(C)n1. The zero-order chi connectivity index (χ0) is 26.0. The molecule has 0 unspecified atom stereocenters. The molecule has 0 radical (unpaired) electrons. The van der Waals surface area contributed by atoms with Gasteiger partial charge in [-0.25, -0.2) is 0 Å². The maximum Gasteiger partial charge on any atom is 0.416 e. The molecule has 0 amide bonds. The number of rotatable bonds is 7. The van der Waals surface area contributed by atoms with E-state index in [1.165, 1.54) is 10.9 Å². The molecule has 0 aliphatic carbocycles. The monoisotopic (exact) mass is 502 g/mol. The van der Waals surface area contributed by atoms with Crippen molar-refractivity contribution in [2.45, 2.75) is 58.8 Å². The van der Waals surface area contributed by atoms with Crippen LogP contribution in [0.5, 0.6) is 0 Å². The second kappa shape index (κ2) is 10.5. The third kappa shape index (κ3) is 5.48. The Morgan fingerprint density at radius 1 is 1.11 bits per heavy atom. The number of aliphatic hydroxyl groups is 1. The number of aromatic nitrogens is 4. The highest BCUT2D eigenvalue weighted by Crippen LogP contribution is 2.43. The Balaban J connectivity index is 1.89. The first kappa shape index (κ1) is 25.9. The maximum atomic E-state index is 14.0. The molecule has 1 atom stereocenters. The number of fused-ring (bicyclic) bond motifs is 1. The first-order chi connectivity index (χ1) is 17.1. The molecule has 0 saturated heterocycles. The molecular formula is C26H33F3N6O. The van der Waals surface area contributed by atoms with Crippen molar-refractivity contribution in [3.63, 3.8) is 0 Å². The number of benzene rings is 2. The molecule has 1 aliphatic heterocycles. The van der Waals surface area contributed by atoms with E-state index in [0.717, 1.165) is 28.7 Å². The molecule has 0 bridgehead atoms. The molecule has 0 fully saturated rings. The number of hydrogen-bond donors (Lipinski definition) is 1. The van der Waals surface area contributed by atoms with Crippen LogP contribution < -0.4 is 9.80 Å². The van der Waals surface area contributed by atoms with Crippen molar-refractivity contribution in [2.75, 3.05) is 29.5 Å². The molecule has 2 aromatic carbocycles. The molecule has 3 aromatic rings. The van der Waals surface area contributed by atoms with Crippen molar-refractivity contribution in [1.82, 2.24) is 20.2 Å². The summed E-state index contributed by atoms with van der Waals surface area (Å²) in [4.78, 5) is 5.31. The van der Waals surface area contributed by atoms with Gasteiger partial charge >= 0.3 is 6.18 Å². The fraction of sp³-hybridized carbons (Fsp3) is 0.500. The van der Waals surface area contributed by atoms with Crippen molar-refractivity contribution in [1.29, 1.82) is 0 Å². The number of alkyl halides is 3. The van der Waals surface area contributed by atoms with Crippen LogP contribution in [-0.4, -0.2) is 45.0 Å². The van der Waals surface area contributed by atoms with Gasteiger partial charge in [-0.2, -0.15) is 18.0 Å². The molecule has 1 aliphatic rings. The normalized spacial score (nSPS) is 16.1. The molecule has 0 spiro atoms. The van der Waals surface area contributed by atoms with E-state index < -0.39 is 11.7 Å². The molecule has 0 saturated carbocycles. The summed E-state index contributed by atoms with van der Waals surface area (Å²) in [5.74, 6) is 0.432. The van der Waals surface area contributed by atoms with Crippen molar-refractivity contribution >= 4 is 11.6 Å². The van der Waals surface area contributed by atoms with Gasteiger partial charge in [0.05, 0.1) is 25.3 Å². The van der Waals surface area contributed by atoms with E-state index in [-0.39, 0.29) is 31.2 Å². The Morgan fingerprint density at radius 2 is 1.83 bits per heavy atom. The molecule has 194 valence electrons. The quantitative estimate of drug-likeness (QED) is 0.503. The van der Waals surface area contributed by atoms with Crippen LogP contribution in [0.1, 0.15) is 59.2 Å². The fourth-order valence-corrected chi connectivity index (χ4v) is 5.24. The summed E-state index contributed by atoms with van der Waals surface area (Å²) in [6.45, 7) is 7.00. The van der Waals surface area contributed by atoms with Gasteiger partial charge in [0, 0.05) is 25.3 Å². The Kier molecular flexibility index (Phi) is 7.54. The van der Waals surface area contributed by atoms with E-state index in [1.54, 1.807) is 20.0 Å². The largest absolute Gasteiger partial charge is 0.416 e. The summed E-state index contributed by atoms with van der Waals surface area (Å²) < 4.78 is 42.0. The van der Waals surface area contributed by atoms with Crippen LogP contribution in [-0.2, 0) is 26.2 Å². The molecule has 36 heavy (non-hydrogen) atoms. The smallest absolute Gasteiger partial charge is 0.395 e. The Labute approximate surface area is 209 Å². The van der Waals surface area contributed by atoms with Gasteiger partial charge in [0.25, 0.3) is 5.95 Å². The van der Waals surface area contributed by atoms with Crippen LogP contribution >= 0.6 is 0 Å². The molecule has 1 aromatic heterocycles. The van der Waals surface area contributed by atoms with Gasteiger partial charge in [-0.3, -0.25) is 0 Å². The van der Waals surface area contributed by atoms with Gasteiger partial charge in [0.15, 0.2) is 0 Å². The average molecular weight is 503 g/mol. The summed E-state index contributed by atoms with van der Waals surface area (Å²) in [6.07, 6.45) is -2.76. The minimum absolute atomic E-state index is 0.140. The number of nitrogens with zero attached hydrogens (tertiary/aromatic N) is 6. The van der Waals surface area contributed by atoms with E-state index in [0.29, 0.717) is 31.1 Å². The highest BCUT2D eigenvalue weighted by atomic mass is 19.4. The molecule has 10 heteroatoms. The van der Waals surface area contributed by atoms with Crippen molar-refractivity contribution in [3.8, 4) is 0 Å². The number of aliphatic hydroxyl groups excluding tert-OH is 1. The second-order valence-electron chi connectivity index (χ2n) is 9.49. The van der Waals surface area contributed by atoms with Crippen LogP contribution in [0.4, 0.5) is 24.8 Å². The number of hydrogen-bond acceptors (Lipinski definition) is 6. The van der Waals surface area contributed by atoms with Gasteiger partial charge in [-0.05, 0) is 61.1 Å². The molecule has 7 nitrogen and oxygen atoms in total. The van der Waals surface area contributed by atoms with Crippen LogP contribution in [0.3, 0.4) is 0 Å². The molecule has 2 heterocycles. The average Bonchev–Trinajstić information content (AvgIpc) is 3.16. The van der Waals surface area contributed by atoms with Crippen LogP contribution in [0.2, 0.25) is 0 Å². The molecular weight excluding hydrogens is 469 g/mol. The summed E-state index contributed by atoms with van der Waals surface area (Å²) >= 11 is 0. The number of β-amino-alcohol motifs (C(OH)–C–C–N with tert-alkyl or cyclic N) is 1. The van der Waals surface area contributed by atoms with E-state index in [4.69, 9.17) is 0 Å². The highest BCUT2D eigenvalue weighted by Gasteiger charge is 2.37. The third-order valence-corrected chi connectivity index (χ3v) is 6.68. The minimum Gasteiger partial charge on any atom is -0.395 e. The van der Waals surface area contributed by atoms with Crippen LogP contribution in [0, 0.1) is 13.8 Å². The Bertz CT molecular complexity index is 1190. The number of halogens is 3. The molecule has 1 N–H and O–H groups in total. The van der Waals surface area contributed by atoms with E-state index in [2.05, 4.69) is 38.5 Å². The number of anilines is 2. The summed E-state index contributed by atoms with van der Waals surface area (Å²) in [5, 5.41) is 22.5. The lowest BCUT2D eigenvalue weighted by molar-refractivity contribution is -0.138. The summed E-state index contributed by atoms with van der Waals surface area (Å²) in [6, 6.07) is 9.02. The first-order valence-electron chi connectivity index (χ1n) is 12.3. The van der Waals surface area contributed by atoms with Crippen LogP contribution in [0.25, 0.3) is 0 Å². The topological polar surface area (TPSA) is 70.3 Å². The Hall–Kier alpha value is -3.14. The van der Waals surface area contributed by atoms with Gasteiger partial charge in [-0.15, -0.1) is 5.10 Å². The minimum atomic E-state index is -4.46. The van der Waals surface area contributed by atoms with E-state index >= 15 is 0 Å². The van der Waals surface area contributed by atoms with Gasteiger partial charge in [0.2, 0.25) is 0 Å². The second-order valence-corrected chi connectivity index (χ2v) is 9.49. The highest BCUT2D eigenvalue weighted by molar-refractivity contribution is 5.62. The maximum absolute atomic E-state index is 14.0. The zero-order valence-corrected chi connectivity index (χ0v) is 21.2. The predicted octanol–water partition coefficient (Wildman–Crippen LogP) is 4.75. The number of tetrazole rings is 1. The third-order valence-electron chi connectivity index (χ3n) is 6.68. The first-order valence-corrected chi connectivity index (χ1v) is 12.3. The Morgan fingerprint density at radius 3 is 2.42 bits per heavy atom. The lowest BCUT2D eigenvalue weighted by atomic mass is 9.93. The van der Waals surface area contributed by atoms with Gasteiger partial charge in [-0.1, -0.05) is 47.4 Å². The van der Waals surface area contributed by atoms with E-state index in [9.17, 15) is 18.3 Å². The summed E-state index contributed by atoms with van der Waals surface area (Å²) in [5.41, 5.74) is 4.28. The standard InChI is InChI=1S/C26H33F3N6O/c1-5-20-14-21-23(7-6-8-34(9-10-36)24(21)15-22(20)26(27,28)29)35(25-30-32-33(4)31-25)16-19-12-17(2)11-18(3)13-19/h11-15,23,36H,5-10,16H2,1-4H3/t23-/m0/s1. The number of aryl methyl sites for hydroxylation is 4. The lowest BCUT2D eigenvalue weighted by Crippen LogP contribution is -2.31. The molecule has 4 rings (SSSR count). The summed E-state index contributed by atoms with van der Waals surface area (Å²) in [7, 11) is 1.69. The van der Waals surface area contributed by atoms with Crippen molar-refractivity contribution < 1.29 is 18.3 Å². The van der Waals surface area contributed by atoms with Gasteiger partial charge < -0.3 is 14.9 Å². The van der Waals surface area contributed by atoms with Crippen LogP contribution in [0.15, 0.2) is 30.3 Å². The zero-order valence-electron chi connectivity index (χ0n) is 21.2. The van der Waals surface area contributed by atoms with Crippen molar-refractivity contribution in [3.05, 3.63) is 63.7 Å². The van der Waals surface area contributed by atoms with E-state index in [1.807, 2.05) is 18.7 Å². The fourth-order valence-electron chi connectivity index (χ4n) is 5.24. The van der Waals surface area contributed by atoms with Crippen molar-refractivity contribution in [2.24, 2.45) is 7.05 Å². The predicted molar refractivity (Wildman–Crippen MR) is 133 cm³/mol. The lowest BCUT2D eigenvalue weighted by Gasteiger charge is -2.33.